The molecule has 0 aliphatic heterocycles. The van der Waals surface area contributed by atoms with Gasteiger partial charge >= 0.3 is 6.18 Å². The van der Waals surface area contributed by atoms with Crippen LogP contribution in [0.5, 0.6) is 11.5 Å². The van der Waals surface area contributed by atoms with Crippen LogP contribution in [0.2, 0.25) is 0 Å². The maximum atomic E-state index is 13.1. The molecule has 1 atom stereocenters. The molecule has 0 spiro atoms. The molecule has 0 radical (unpaired) electrons. The lowest BCUT2D eigenvalue weighted by Gasteiger charge is -2.23. The van der Waals surface area contributed by atoms with E-state index in [2.05, 4.69) is 10.3 Å². The minimum Gasteiger partial charge on any atom is -0.508 e. The molecule has 0 saturated heterocycles. The summed E-state index contributed by atoms with van der Waals surface area (Å²) in [5.41, 5.74) is 0.536. The monoisotopic (exact) mass is 410 g/mol. The van der Waals surface area contributed by atoms with Crippen molar-refractivity contribution in [2.75, 3.05) is 5.32 Å². The molecule has 152 valence electrons. The molecular formula is C23H17F3N2O2. The van der Waals surface area contributed by atoms with Crippen molar-refractivity contribution in [2.24, 2.45) is 0 Å². The van der Waals surface area contributed by atoms with Crippen molar-refractivity contribution in [1.82, 2.24) is 4.98 Å². The van der Waals surface area contributed by atoms with Gasteiger partial charge in [0.25, 0.3) is 0 Å². The van der Waals surface area contributed by atoms with Gasteiger partial charge in [0.15, 0.2) is 0 Å². The number of aromatic nitrogens is 1. The summed E-state index contributed by atoms with van der Waals surface area (Å²) in [6.07, 6.45) is -2.95. The number of pyridine rings is 1. The van der Waals surface area contributed by atoms with Gasteiger partial charge in [-0.3, -0.25) is 4.98 Å². The predicted octanol–water partition coefficient (Wildman–Crippen LogP) is 5.87. The van der Waals surface area contributed by atoms with Crippen molar-refractivity contribution < 1.29 is 23.4 Å². The average Bonchev–Trinajstić information content (AvgIpc) is 2.73. The first-order chi connectivity index (χ1) is 14.3. The van der Waals surface area contributed by atoms with Crippen LogP contribution in [-0.4, -0.2) is 15.2 Å². The summed E-state index contributed by atoms with van der Waals surface area (Å²) in [6, 6.07) is 17.4. The third-order valence-electron chi connectivity index (χ3n) is 4.84. The Morgan fingerprint density at radius 3 is 2.40 bits per heavy atom. The molecule has 0 saturated carbocycles. The number of halogens is 3. The lowest BCUT2D eigenvalue weighted by molar-refractivity contribution is -0.137. The number of benzene rings is 3. The molecule has 1 unspecified atom stereocenters. The van der Waals surface area contributed by atoms with Crippen LogP contribution in [0, 0.1) is 0 Å². The van der Waals surface area contributed by atoms with Gasteiger partial charge in [0, 0.05) is 28.4 Å². The molecule has 7 heteroatoms. The molecular weight excluding hydrogens is 393 g/mol. The Morgan fingerprint density at radius 2 is 1.63 bits per heavy atom. The first kappa shape index (κ1) is 19.6. The maximum absolute atomic E-state index is 13.1. The highest BCUT2D eigenvalue weighted by molar-refractivity contribution is 5.86. The number of nitrogens with one attached hydrogen (secondary N) is 1. The summed E-state index contributed by atoms with van der Waals surface area (Å²) >= 11 is 0. The number of phenols is 2. The molecule has 3 aromatic carbocycles. The lowest BCUT2D eigenvalue weighted by atomic mass is 9.95. The second kappa shape index (κ2) is 7.59. The topological polar surface area (TPSA) is 65.4 Å². The van der Waals surface area contributed by atoms with Crippen molar-refractivity contribution in [3.63, 3.8) is 0 Å². The molecule has 1 aromatic heterocycles. The van der Waals surface area contributed by atoms with E-state index in [0.717, 1.165) is 12.1 Å². The number of hydrogen-bond acceptors (Lipinski definition) is 4. The van der Waals surface area contributed by atoms with Crippen molar-refractivity contribution in [1.29, 1.82) is 0 Å². The van der Waals surface area contributed by atoms with Gasteiger partial charge in [-0.2, -0.15) is 13.2 Å². The number of alkyl halides is 3. The van der Waals surface area contributed by atoms with Crippen LogP contribution >= 0.6 is 0 Å². The van der Waals surface area contributed by atoms with Crippen molar-refractivity contribution in [2.45, 2.75) is 12.2 Å². The van der Waals surface area contributed by atoms with Crippen LogP contribution in [0.1, 0.15) is 22.7 Å². The predicted molar refractivity (Wildman–Crippen MR) is 108 cm³/mol. The molecule has 4 aromatic rings. The quantitative estimate of drug-likeness (QED) is 0.394. The zero-order valence-corrected chi connectivity index (χ0v) is 15.6. The molecule has 0 fully saturated rings. The van der Waals surface area contributed by atoms with Gasteiger partial charge in [-0.05, 0) is 30.3 Å². The van der Waals surface area contributed by atoms with Crippen molar-refractivity contribution in [3.05, 3.63) is 95.7 Å². The highest BCUT2D eigenvalue weighted by Gasteiger charge is 2.31. The van der Waals surface area contributed by atoms with Crippen LogP contribution in [0.15, 0.2) is 79.0 Å². The smallest absolute Gasteiger partial charge is 0.416 e. The maximum Gasteiger partial charge on any atom is 0.416 e. The minimum atomic E-state index is -4.49. The Morgan fingerprint density at radius 1 is 0.833 bits per heavy atom. The Kier molecular flexibility index (Phi) is 4.95. The zero-order valence-electron chi connectivity index (χ0n) is 15.6. The summed E-state index contributed by atoms with van der Waals surface area (Å²) in [7, 11) is 0. The van der Waals surface area contributed by atoms with Crippen LogP contribution in [0.25, 0.3) is 10.9 Å². The molecule has 30 heavy (non-hydrogen) atoms. The van der Waals surface area contributed by atoms with E-state index in [0.29, 0.717) is 22.0 Å². The van der Waals surface area contributed by atoms with E-state index in [1.54, 1.807) is 48.7 Å². The van der Waals surface area contributed by atoms with Gasteiger partial charge in [-0.25, -0.2) is 0 Å². The second-order valence-corrected chi connectivity index (χ2v) is 6.79. The zero-order chi connectivity index (χ0) is 21.3. The summed E-state index contributed by atoms with van der Waals surface area (Å²) in [5.74, 6) is -0.164. The lowest BCUT2D eigenvalue weighted by Crippen LogP contribution is -2.14. The van der Waals surface area contributed by atoms with Crippen molar-refractivity contribution in [3.8, 4) is 11.5 Å². The number of hydrogen-bond donors (Lipinski definition) is 3. The molecule has 4 nitrogen and oxygen atoms in total. The number of anilines is 1. The number of aromatic hydroxyl groups is 2. The Bertz CT molecular complexity index is 1210. The summed E-state index contributed by atoms with van der Waals surface area (Å²) < 4.78 is 39.4. The van der Waals surface area contributed by atoms with Gasteiger partial charge in [0.05, 0.1) is 11.6 Å². The van der Waals surface area contributed by atoms with E-state index in [-0.39, 0.29) is 17.2 Å². The normalized spacial score (nSPS) is 12.6. The molecule has 0 bridgehead atoms. The van der Waals surface area contributed by atoms with Gasteiger partial charge in [-0.1, -0.05) is 42.5 Å². The Balaban J connectivity index is 1.85. The number of phenolic OH excluding ortho intramolecular Hbond substituents is 2. The fourth-order valence-electron chi connectivity index (χ4n) is 3.38. The van der Waals surface area contributed by atoms with Crippen LogP contribution in [0.3, 0.4) is 0 Å². The fourth-order valence-corrected chi connectivity index (χ4v) is 3.38. The fraction of sp³-hybridized carbons (Fsp3) is 0.0870. The van der Waals surface area contributed by atoms with Crippen LogP contribution in [0.4, 0.5) is 18.9 Å². The van der Waals surface area contributed by atoms with E-state index in [4.69, 9.17) is 0 Å². The number of para-hydroxylation sites is 1. The summed E-state index contributed by atoms with van der Waals surface area (Å²) in [5, 5.41) is 25.0. The molecule has 0 aliphatic carbocycles. The average molecular weight is 410 g/mol. The molecule has 4 rings (SSSR count). The largest absolute Gasteiger partial charge is 0.508 e. The number of rotatable bonds is 4. The molecule has 0 amide bonds. The third kappa shape index (κ3) is 3.74. The van der Waals surface area contributed by atoms with Crippen LogP contribution < -0.4 is 5.32 Å². The first-order valence-electron chi connectivity index (χ1n) is 9.13. The molecule has 3 N–H and O–H groups in total. The molecule has 0 aliphatic rings. The van der Waals surface area contributed by atoms with E-state index in [1.165, 1.54) is 18.2 Å². The number of fused-ring (bicyclic) bond motifs is 1. The van der Waals surface area contributed by atoms with E-state index < -0.39 is 17.8 Å². The van der Waals surface area contributed by atoms with Crippen molar-refractivity contribution >= 4 is 16.6 Å². The van der Waals surface area contributed by atoms with Gasteiger partial charge in [0.2, 0.25) is 0 Å². The van der Waals surface area contributed by atoms with E-state index in [9.17, 15) is 23.4 Å². The van der Waals surface area contributed by atoms with Gasteiger partial charge < -0.3 is 15.5 Å². The minimum absolute atomic E-state index is 0.0532. The third-order valence-corrected chi connectivity index (χ3v) is 4.84. The summed E-state index contributed by atoms with van der Waals surface area (Å²) in [4.78, 5) is 4.20. The standard InChI is InChI=1S/C23H17F3N2O2/c24-23(25,26)15-6-3-7-16(13-15)28-21(17-8-1-2-9-19(17)29)18-11-10-14-5-4-12-27-20(14)22(18)30/h1-13,21,28-30H. The highest BCUT2D eigenvalue weighted by Crippen LogP contribution is 2.40. The molecule has 1 heterocycles. The van der Waals surface area contributed by atoms with E-state index in [1.807, 2.05) is 0 Å². The summed E-state index contributed by atoms with van der Waals surface area (Å²) in [6.45, 7) is 0. The second-order valence-electron chi connectivity index (χ2n) is 6.79. The Labute approximate surface area is 170 Å². The highest BCUT2D eigenvalue weighted by atomic mass is 19.4. The SMILES string of the molecule is Oc1ccccc1C(Nc1cccc(C(F)(F)F)c1)c1ccc2cccnc2c1O. The van der Waals surface area contributed by atoms with Gasteiger partial charge in [0.1, 0.15) is 17.0 Å². The van der Waals surface area contributed by atoms with Crippen LogP contribution in [-0.2, 0) is 6.18 Å². The van der Waals surface area contributed by atoms with Gasteiger partial charge in [-0.15, -0.1) is 0 Å². The Hall–Kier alpha value is -3.74. The number of nitrogens with zero attached hydrogens (tertiary/aromatic N) is 1. The van der Waals surface area contributed by atoms with E-state index >= 15 is 0 Å². The first-order valence-corrected chi connectivity index (χ1v) is 9.13.